The number of aromatic amines is 1. The zero-order chi connectivity index (χ0) is 15.2. The molecule has 6 heteroatoms. The molecule has 3 aromatic rings. The molecule has 0 atom stereocenters. The van der Waals surface area contributed by atoms with Crippen molar-refractivity contribution in [2.24, 2.45) is 0 Å². The van der Waals surface area contributed by atoms with Crippen LogP contribution in [-0.4, -0.2) is 26.5 Å². The van der Waals surface area contributed by atoms with Gasteiger partial charge in [-0.3, -0.25) is 4.79 Å². The maximum absolute atomic E-state index is 11.9. The summed E-state index contributed by atoms with van der Waals surface area (Å²) in [6.45, 7) is 0. The molecule has 0 fully saturated rings. The summed E-state index contributed by atoms with van der Waals surface area (Å²) < 4.78 is 0. The van der Waals surface area contributed by atoms with E-state index in [1.807, 2.05) is 54.6 Å². The van der Waals surface area contributed by atoms with Crippen molar-refractivity contribution in [2.75, 3.05) is 5.32 Å². The average Bonchev–Trinajstić information content (AvgIpc) is 3.09. The van der Waals surface area contributed by atoms with Crippen LogP contribution < -0.4 is 5.32 Å². The van der Waals surface area contributed by atoms with Gasteiger partial charge in [0.15, 0.2) is 0 Å². The molecule has 0 bridgehead atoms. The SMILES string of the molecule is O=C(CCc1ccccc1)Nc1ccc(-c2nn[nH]n2)cc1. The molecule has 0 unspecified atom stereocenters. The molecule has 3 rings (SSSR count). The third-order valence-electron chi connectivity index (χ3n) is 3.26. The van der Waals surface area contributed by atoms with Gasteiger partial charge in [0, 0.05) is 17.7 Å². The molecule has 0 radical (unpaired) electrons. The molecule has 1 amide bonds. The lowest BCUT2D eigenvalue weighted by Crippen LogP contribution is -2.12. The second-order valence-corrected chi connectivity index (χ2v) is 4.85. The van der Waals surface area contributed by atoms with Gasteiger partial charge in [-0.25, -0.2) is 0 Å². The Labute approximate surface area is 127 Å². The van der Waals surface area contributed by atoms with Crippen LogP contribution in [0.2, 0.25) is 0 Å². The van der Waals surface area contributed by atoms with Crippen molar-refractivity contribution in [2.45, 2.75) is 12.8 Å². The van der Waals surface area contributed by atoms with E-state index in [0.717, 1.165) is 23.2 Å². The number of nitrogens with one attached hydrogen (secondary N) is 2. The van der Waals surface area contributed by atoms with Crippen molar-refractivity contribution in [1.29, 1.82) is 0 Å². The fourth-order valence-electron chi connectivity index (χ4n) is 2.11. The number of aryl methyl sites for hydroxylation is 1. The normalized spacial score (nSPS) is 10.4. The number of benzene rings is 2. The van der Waals surface area contributed by atoms with Gasteiger partial charge in [0.05, 0.1) is 0 Å². The Morgan fingerprint density at radius 3 is 2.50 bits per heavy atom. The standard InChI is InChI=1S/C16H15N5O/c22-15(11-6-12-4-2-1-3-5-12)17-14-9-7-13(8-10-14)16-18-20-21-19-16/h1-5,7-10H,6,11H2,(H,17,22)(H,18,19,20,21). The summed E-state index contributed by atoms with van der Waals surface area (Å²) in [7, 11) is 0. The number of H-pyrrole nitrogens is 1. The molecule has 110 valence electrons. The summed E-state index contributed by atoms with van der Waals surface area (Å²) in [5.41, 5.74) is 2.76. The van der Waals surface area contributed by atoms with Crippen molar-refractivity contribution in [3.05, 3.63) is 60.2 Å². The van der Waals surface area contributed by atoms with Gasteiger partial charge in [0.2, 0.25) is 11.7 Å². The maximum atomic E-state index is 11.9. The quantitative estimate of drug-likeness (QED) is 0.756. The number of anilines is 1. The third kappa shape index (κ3) is 3.54. The molecule has 0 aliphatic rings. The number of nitrogens with zero attached hydrogens (tertiary/aromatic N) is 3. The van der Waals surface area contributed by atoms with Gasteiger partial charge >= 0.3 is 0 Å². The van der Waals surface area contributed by atoms with Gasteiger partial charge in [0.25, 0.3) is 0 Å². The third-order valence-corrected chi connectivity index (χ3v) is 3.26. The highest BCUT2D eigenvalue weighted by molar-refractivity contribution is 5.91. The van der Waals surface area contributed by atoms with Crippen LogP contribution in [0.5, 0.6) is 0 Å². The Morgan fingerprint density at radius 2 is 1.82 bits per heavy atom. The molecule has 0 aliphatic carbocycles. The minimum absolute atomic E-state index is 0.00355. The van der Waals surface area contributed by atoms with Crippen LogP contribution in [-0.2, 0) is 11.2 Å². The number of hydrogen-bond donors (Lipinski definition) is 2. The predicted molar refractivity (Wildman–Crippen MR) is 83.0 cm³/mol. The van der Waals surface area contributed by atoms with Crippen LogP contribution in [0.4, 0.5) is 5.69 Å². The van der Waals surface area contributed by atoms with E-state index in [1.54, 1.807) is 0 Å². The van der Waals surface area contributed by atoms with Gasteiger partial charge < -0.3 is 5.32 Å². The molecular weight excluding hydrogens is 278 g/mol. The minimum atomic E-state index is -0.00355. The van der Waals surface area contributed by atoms with Crippen LogP contribution >= 0.6 is 0 Å². The van der Waals surface area contributed by atoms with Crippen molar-refractivity contribution in [3.8, 4) is 11.4 Å². The van der Waals surface area contributed by atoms with Gasteiger partial charge in [-0.15, -0.1) is 10.2 Å². The Hall–Kier alpha value is -3.02. The Morgan fingerprint density at radius 1 is 1.05 bits per heavy atom. The van der Waals surface area contributed by atoms with E-state index in [4.69, 9.17) is 0 Å². The monoisotopic (exact) mass is 293 g/mol. The molecule has 0 saturated carbocycles. The molecule has 2 aromatic carbocycles. The van der Waals surface area contributed by atoms with Crippen LogP contribution in [0, 0.1) is 0 Å². The largest absolute Gasteiger partial charge is 0.326 e. The lowest BCUT2D eigenvalue weighted by atomic mass is 10.1. The number of amides is 1. The summed E-state index contributed by atoms with van der Waals surface area (Å²) >= 11 is 0. The summed E-state index contributed by atoms with van der Waals surface area (Å²) in [5.74, 6) is 0.526. The number of aromatic nitrogens is 4. The van der Waals surface area contributed by atoms with Crippen molar-refractivity contribution in [3.63, 3.8) is 0 Å². The average molecular weight is 293 g/mol. The zero-order valence-electron chi connectivity index (χ0n) is 11.9. The molecule has 0 spiro atoms. The first-order valence-corrected chi connectivity index (χ1v) is 6.99. The molecule has 1 heterocycles. The second kappa shape index (κ2) is 6.62. The van der Waals surface area contributed by atoms with Gasteiger partial charge in [-0.05, 0) is 41.5 Å². The lowest BCUT2D eigenvalue weighted by Gasteiger charge is -2.06. The number of carbonyl (C=O) groups is 1. The summed E-state index contributed by atoms with van der Waals surface area (Å²) in [6, 6.07) is 17.3. The van der Waals surface area contributed by atoms with Crippen LogP contribution in [0.3, 0.4) is 0 Å². The van der Waals surface area contributed by atoms with Crippen molar-refractivity contribution < 1.29 is 4.79 Å². The maximum Gasteiger partial charge on any atom is 0.224 e. The zero-order valence-corrected chi connectivity index (χ0v) is 11.9. The molecule has 1 aromatic heterocycles. The highest BCUT2D eigenvalue weighted by Gasteiger charge is 2.05. The summed E-state index contributed by atoms with van der Waals surface area (Å²) in [5, 5.41) is 16.6. The predicted octanol–water partition coefficient (Wildman–Crippen LogP) is 2.44. The highest BCUT2D eigenvalue weighted by atomic mass is 16.1. The summed E-state index contributed by atoms with van der Waals surface area (Å²) in [4.78, 5) is 11.9. The number of hydrogen-bond acceptors (Lipinski definition) is 4. The van der Waals surface area contributed by atoms with E-state index < -0.39 is 0 Å². The summed E-state index contributed by atoms with van der Waals surface area (Å²) in [6.07, 6.45) is 1.18. The van der Waals surface area contributed by atoms with Gasteiger partial charge in [0.1, 0.15) is 0 Å². The number of tetrazole rings is 1. The fraction of sp³-hybridized carbons (Fsp3) is 0.125. The Balaban J connectivity index is 1.55. The van der Waals surface area contributed by atoms with E-state index in [0.29, 0.717) is 12.2 Å². The number of carbonyl (C=O) groups excluding carboxylic acids is 1. The van der Waals surface area contributed by atoms with Gasteiger partial charge in [-0.1, -0.05) is 30.3 Å². The number of rotatable bonds is 5. The van der Waals surface area contributed by atoms with E-state index in [-0.39, 0.29) is 5.91 Å². The molecule has 0 saturated heterocycles. The Kier molecular flexibility index (Phi) is 4.20. The van der Waals surface area contributed by atoms with E-state index in [9.17, 15) is 4.79 Å². The second-order valence-electron chi connectivity index (χ2n) is 4.85. The molecule has 6 nitrogen and oxygen atoms in total. The smallest absolute Gasteiger partial charge is 0.224 e. The highest BCUT2D eigenvalue weighted by Crippen LogP contribution is 2.17. The van der Waals surface area contributed by atoms with E-state index in [2.05, 4.69) is 25.9 Å². The fourth-order valence-corrected chi connectivity index (χ4v) is 2.11. The first-order valence-electron chi connectivity index (χ1n) is 6.99. The molecule has 2 N–H and O–H groups in total. The van der Waals surface area contributed by atoms with Crippen LogP contribution in [0.15, 0.2) is 54.6 Å². The molecular formula is C16H15N5O. The molecule has 0 aliphatic heterocycles. The van der Waals surface area contributed by atoms with Gasteiger partial charge in [-0.2, -0.15) is 5.21 Å². The minimum Gasteiger partial charge on any atom is -0.326 e. The first-order chi connectivity index (χ1) is 10.8. The van der Waals surface area contributed by atoms with E-state index in [1.165, 1.54) is 0 Å². The van der Waals surface area contributed by atoms with Crippen molar-refractivity contribution >= 4 is 11.6 Å². The van der Waals surface area contributed by atoms with Crippen molar-refractivity contribution in [1.82, 2.24) is 20.6 Å². The molecule has 22 heavy (non-hydrogen) atoms. The lowest BCUT2D eigenvalue weighted by molar-refractivity contribution is -0.116. The topological polar surface area (TPSA) is 83.6 Å². The van der Waals surface area contributed by atoms with Crippen LogP contribution in [0.1, 0.15) is 12.0 Å². The van der Waals surface area contributed by atoms with E-state index >= 15 is 0 Å². The van der Waals surface area contributed by atoms with Crippen LogP contribution in [0.25, 0.3) is 11.4 Å². The Bertz CT molecular complexity index is 723. The first kappa shape index (κ1) is 13.9.